The Kier molecular flexibility index (Phi) is 5.01. The van der Waals surface area contributed by atoms with Gasteiger partial charge < -0.3 is 9.64 Å². The molecule has 2 aromatic carbocycles. The molecule has 1 saturated heterocycles. The molecule has 1 fully saturated rings. The average molecular weight is 390 g/mol. The largest absolute Gasteiger partial charge is 0.372 e. The molecule has 0 saturated carbocycles. The average Bonchev–Trinajstić information content (AvgIpc) is 2.94. The van der Waals surface area contributed by atoms with E-state index in [2.05, 4.69) is 0 Å². The zero-order chi connectivity index (χ0) is 20.7. The van der Waals surface area contributed by atoms with Crippen LogP contribution in [0.15, 0.2) is 54.2 Å². The van der Waals surface area contributed by atoms with E-state index in [0.717, 1.165) is 16.7 Å². The van der Waals surface area contributed by atoms with Crippen molar-refractivity contribution in [2.45, 2.75) is 39.9 Å². The molecule has 2 unspecified atom stereocenters. The number of hydrogen-bond donors (Lipinski definition) is 0. The number of anilines is 1. The number of nitrogens with zero attached hydrogens (tertiary/aromatic N) is 2. The minimum absolute atomic E-state index is 0.0130. The zero-order valence-electron chi connectivity index (χ0n) is 17.3. The van der Waals surface area contributed by atoms with Crippen LogP contribution in [0.1, 0.15) is 30.5 Å². The monoisotopic (exact) mass is 390 g/mol. The molecule has 29 heavy (non-hydrogen) atoms. The van der Waals surface area contributed by atoms with E-state index in [-0.39, 0.29) is 24.0 Å². The predicted octanol–water partition coefficient (Wildman–Crippen LogP) is 3.70. The summed E-state index contributed by atoms with van der Waals surface area (Å²) in [5.74, 6) is -0.527. The van der Waals surface area contributed by atoms with Crippen LogP contribution >= 0.6 is 0 Å². The first-order chi connectivity index (χ1) is 13.9. The maximum Gasteiger partial charge on any atom is 0.282 e. The van der Waals surface area contributed by atoms with Gasteiger partial charge in [-0.1, -0.05) is 42.5 Å². The molecule has 2 aliphatic rings. The molecule has 2 amide bonds. The summed E-state index contributed by atoms with van der Waals surface area (Å²) in [6.07, 6.45) is -0.0261. The van der Waals surface area contributed by atoms with Crippen molar-refractivity contribution in [3.8, 4) is 0 Å². The van der Waals surface area contributed by atoms with Gasteiger partial charge in [0.2, 0.25) is 0 Å². The smallest absolute Gasteiger partial charge is 0.282 e. The lowest BCUT2D eigenvalue weighted by atomic mass is 10.0. The van der Waals surface area contributed by atoms with E-state index in [4.69, 9.17) is 4.74 Å². The number of carbonyl (C=O) groups is 2. The van der Waals surface area contributed by atoms with Crippen molar-refractivity contribution in [3.05, 3.63) is 70.9 Å². The number of aryl methyl sites for hydroxylation is 2. The molecule has 2 aromatic rings. The van der Waals surface area contributed by atoms with Gasteiger partial charge in [0.1, 0.15) is 5.70 Å². The van der Waals surface area contributed by atoms with Gasteiger partial charge in [-0.2, -0.15) is 0 Å². The first-order valence-corrected chi connectivity index (χ1v) is 10.0. The summed E-state index contributed by atoms with van der Waals surface area (Å²) in [6.45, 7) is 9.04. The third kappa shape index (κ3) is 3.47. The van der Waals surface area contributed by atoms with Crippen LogP contribution in [0.4, 0.5) is 5.69 Å². The summed E-state index contributed by atoms with van der Waals surface area (Å²) in [7, 11) is 0. The van der Waals surface area contributed by atoms with Gasteiger partial charge in [-0.3, -0.25) is 9.59 Å². The van der Waals surface area contributed by atoms with E-state index in [1.165, 1.54) is 4.90 Å². The van der Waals surface area contributed by atoms with E-state index < -0.39 is 0 Å². The highest BCUT2D eigenvalue weighted by atomic mass is 16.5. The molecule has 2 aliphatic heterocycles. The minimum Gasteiger partial charge on any atom is -0.372 e. The maximum absolute atomic E-state index is 13.6. The first-order valence-electron chi connectivity index (χ1n) is 10.0. The highest BCUT2D eigenvalue weighted by Gasteiger charge is 2.44. The highest BCUT2D eigenvalue weighted by molar-refractivity contribution is 6.45. The molecule has 0 spiro atoms. The van der Waals surface area contributed by atoms with E-state index in [1.54, 1.807) is 0 Å². The summed E-state index contributed by atoms with van der Waals surface area (Å²) in [5.41, 5.74) is 4.27. The topological polar surface area (TPSA) is 49.9 Å². The molecule has 0 N–H and O–H groups in total. The van der Waals surface area contributed by atoms with Crippen LogP contribution in [0.5, 0.6) is 0 Å². The van der Waals surface area contributed by atoms with Crippen LogP contribution in [0.2, 0.25) is 0 Å². The molecule has 2 atom stereocenters. The normalized spacial score (nSPS) is 22.6. The van der Waals surface area contributed by atoms with Crippen LogP contribution in [-0.2, 0) is 14.3 Å². The Balaban J connectivity index is 1.86. The Morgan fingerprint density at radius 1 is 0.897 bits per heavy atom. The van der Waals surface area contributed by atoms with Crippen LogP contribution in [-0.4, -0.2) is 42.0 Å². The van der Waals surface area contributed by atoms with Crippen LogP contribution in [0, 0.1) is 13.8 Å². The summed E-state index contributed by atoms with van der Waals surface area (Å²) in [6, 6.07) is 15.3. The second-order valence-electron chi connectivity index (χ2n) is 7.99. The quantitative estimate of drug-likeness (QED) is 0.750. The second-order valence-corrected chi connectivity index (χ2v) is 7.99. The lowest BCUT2D eigenvalue weighted by molar-refractivity contribution is -0.121. The fourth-order valence-electron chi connectivity index (χ4n) is 4.22. The lowest BCUT2D eigenvalue weighted by Crippen LogP contribution is -2.47. The van der Waals surface area contributed by atoms with Crippen molar-refractivity contribution in [2.75, 3.05) is 18.0 Å². The number of carbonyl (C=O) groups excluding carboxylic acids is 2. The summed E-state index contributed by atoms with van der Waals surface area (Å²) >= 11 is 0. The Bertz CT molecular complexity index is 986. The Morgan fingerprint density at radius 2 is 1.55 bits per heavy atom. The highest BCUT2D eigenvalue weighted by Crippen LogP contribution is 2.37. The number of rotatable bonds is 3. The van der Waals surface area contributed by atoms with Crippen molar-refractivity contribution in [1.82, 2.24) is 4.90 Å². The van der Waals surface area contributed by atoms with Crippen LogP contribution in [0.25, 0.3) is 5.57 Å². The summed E-state index contributed by atoms with van der Waals surface area (Å²) < 4.78 is 5.85. The van der Waals surface area contributed by atoms with Crippen molar-refractivity contribution < 1.29 is 14.3 Å². The van der Waals surface area contributed by atoms with E-state index in [0.29, 0.717) is 30.0 Å². The van der Waals surface area contributed by atoms with E-state index in [9.17, 15) is 9.59 Å². The van der Waals surface area contributed by atoms with Crippen LogP contribution < -0.4 is 4.90 Å². The van der Waals surface area contributed by atoms with E-state index in [1.807, 2.05) is 81.1 Å². The number of amides is 2. The molecule has 5 heteroatoms. The van der Waals surface area contributed by atoms with Gasteiger partial charge in [0.05, 0.1) is 23.5 Å². The summed E-state index contributed by atoms with van der Waals surface area (Å²) in [5, 5.41) is 0. The molecule has 2 heterocycles. The molecule has 0 aromatic heterocycles. The van der Waals surface area contributed by atoms with Crippen molar-refractivity contribution in [3.63, 3.8) is 0 Å². The fraction of sp³-hybridized carbons (Fsp3) is 0.333. The van der Waals surface area contributed by atoms with Gasteiger partial charge in [-0.25, -0.2) is 4.90 Å². The molecule has 5 nitrogen and oxygen atoms in total. The van der Waals surface area contributed by atoms with E-state index >= 15 is 0 Å². The molecule has 0 aliphatic carbocycles. The van der Waals surface area contributed by atoms with Gasteiger partial charge in [0.15, 0.2) is 0 Å². The first kappa shape index (κ1) is 19.4. The Labute approximate surface area is 171 Å². The molecule has 150 valence electrons. The second kappa shape index (κ2) is 7.48. The van der Waals surface area contributed by atoms with Crippen molar-refractivity contribution in [2.24, 2.45) is 0 Å². The molecule has 0 radical (unpaired) electrons. The number of ether oxygens (including phenoxy) is 1. The SMILES string of the molecule is Cc1ccc(C)c(N2C(=O)C(c3ccccc3)=C(N3CC(C)OC(C)C3)C2=O)c1. The Hall–Kier alpha value is -2.92. The predicted molar refractivity (Wildman–Crippen MR) is 113 cm³/mol. The molecule has 4 rings (SSSR count). The standard InChI is InChI=1S/C24H26N2O3/c1-15-10-11-16(2)20(12-15)26-23(27)21(19-8-6-5-7-9-19)22(24(26)28)25-13-17(3)29-18(4)14-25/h5-12,17-18H,13-14H2,1-4H3. The molecular formula is C24H26N2O3. The van der Waals surface area contributed by atoms with Crippen LogP contribution in [0.3, 0.4) is 0 Å². The van der Waals surface area contributed by atoms with Crippen molar-refractivity contribution in [1.29, 1.82) is 0 Å². The zero-order valence-corrected chi connectivity index (χ0v) is 17.3. The molecule has 0 bridgehead atoms. The third-order valence-electron chi connectivity index (χ3n) is 5.46. The van der Waals surface area contributed by atoms with Gasteiger partial charge >= 0.3 is 0 Å². The third-order valence-corrected chi connectivity index (χ3v) is 5.46. The van der Waals surface area contributed by atoms with Gasteiger partial charge in [-0.15, -0.1) is 0 Å². The molecular weight excluding hydrogens is 364 g/mol. The van der Waals surface area contributed by atoms with Gasteiger partial charge in [0.25, 0.3) is 11.8 Å². The van der Waals surface area contributed by atoms with Crippen molar-refractivity contribution >= 4 is 23.1 Å². The number of morpholine rings is 1. The fourth-order valence-corrected chi connectivity index (χ4v) is 4.22. The Morgan fingerprint density at radius 3 is 2.21 bits per heavy atom. The maximum atomic E-state index is 13.6. The van der Waals surface area contributed by atoms with Gasteiger partial charge in [-0.05, 0) is 50.5 Å². The number of imide groups is 1. The minimum atomic E-state index is -0.267. The number of benzene rings is 2. The summed E-state index contributed by atoms with van der Waals surface area (Å²) in [4.78, 5) is 30.6. The lowest BCUT2D eigenvalue weighted by Gasteiger charge is -2.37. The van der Waals surface area contributed by atoms with Gasteiger partial charge in [0, 0.05) is 13.1 Å². The number of hydrogen-bond acceptors (Lipinski definition) is 4.